The second-order valence-electron chi connectivity index (χ2n) is 7.95. The van der Waals surface area contributed by atoms with Crippen LogP contribution in [0.15, 0.2) is 48.5 Å². The Bertz CT molecular complexity index is 1020. The third-order valence-electron chi connectivity index (χ3n) is 5.69. The van der Waals surface area contributed by atoms with E-state index >= 15 is 0 Å². The van der Waals surface area contributed by atoms with Crippen molar-refractivity contribution in [1.82, 2.24) is 15.1 Å². The fraction of sp³-hybridized carbons (Fsp3) is 0.333. The number of carbonyl (C=O) groups is 1. The molecule has 0 radical (unpaired) electrons. The van der Waals surface area contributed by atoms with Crippen LogP contribution in [0.5, 0.6) is 5.75 Å². The molecule has 5 nitrogen and oxygen atoms in total. The summed E-state index contributed by atoms with van der Waals surface area (Å²) in [5.74, 6) is 0.586. The molecule has 1 unspecified atom stereocenters. The molecule has 0 saturated heterocycles. The van der Waals surface area contributed by atoms with Gasteiger partial charge < -0.3 is 10.0 Å². The van der Waals surface area contributed by atoms with Gasteiger partial charge in [-0.25, -0.2) is 0 Å². The number of fused-ring (bicyclic) bond motifs is 1. The molecule has 1 amide bonds. The molecule has 2 aromatic carbocycles. The summed E-state index contributed by atoms with van der Waals surface area (Å²) >= 11 is 0. The van der Waals surface area contributed by atoms with Gasteiger partial charge in [0.1, 0.15) is 17.1 Å². The Morgan fingerprint density at radius 2 is 1.86 bits per heavy atom. The third kappa shape index (κ3) is 3.31. The lowest BCUT2D eigenvalue weighted by Crippen LogP contribution is -2.30. The lowest BCUT2D eigenvalue weighted by atomic mass is 9.93. The SMILES string of the molecule is CCCCN1C(=O)c2[nH]nc(-c3ccccc3O)c2C1c1ccc(C(C)C)cc1. The van der Waals surface area contributed by atoms with Gasteiger partial charge in [-0.15, -0.1) is 0 Å². The van der Waals surface area contributed by atoms with Crippen LogP contribution < -0.4 is 0 Å². The fourth-order valence-corrected chi connectivity index (χ4v) is 4.04. The summed E-state index contributed by atoms with van der Waals surface area (Å²) in [7, 11) is 0. The average molecular weight is 389 g/mol. The van der Waals surface area contributed by atoms with Crippen LogP contribution in [0.25, 0.3) is 11.3 Å². The highest BCUT2D eigenvalue weighted by molar-refractivity contribution is 6.00. The largest absolute Gasteiger partial charge is 0.507 e. The van der Waals surface area contributed by atoms with Gasteiger partial charge in [0.2, 0.25) is 0 Å². The molecule has 1 aliphatic rings. The van der Waals surface area contributed by atoms with Crippen molar-refractivity contribution in [2.45, 2.75) is 45.6 Å². The Morgan fingerprint density at radius 1 is 1.14 bits per heavy atom. The molecule has 3 aromatic rings. The van der Waals surface area contributed by atoms with Gasteiger partial charge in [0, 0.05) is 17.7 Å². The minimum Gasteiger partial charge on any atom is -0.507 e. The van der Waals surface area contributed by atoms with Crippen LogP contribution in [-0.2, 0) is 0 Å². The molecule has 29 heavy (non-hydrogen) atoms. The zero-order chi connectivity index (χ0) is 20.5. The van der Waals surface area contributed by atoms with Gasteiger partial charge in [0.05, 0.1) is 6.04 Å². The maximum Gasteiger partial charge on any atom is 0.273 e. The van der Waals surface area contributed by atoms with Crippen LogP contribution in [0.2, 0.25) is 0 Å². The quantitative estimate of drug-likeness (QED) is 0.605. The highest BCUT2D eigenvalue weighted by atomic mass is 16.3. The van der Waals surface area contributed by atoms with E-state index in [-0.39, 0.29) is 17.7 Å². The van der Waals surface area contributed by atoms with E-state index in [0.717, 1.165) is 24.0 Å². The minimum atomic E-state index is -0.210. The van der Waals surface area contributed by atoms with E-state index in [1.807, 2.05) is 17.0 Å². The third-order valence-corrected chi connectivity index (χ3v) is 5.69. The number of unbranched alkanes of at least 4 members (excludes halogenated alkanes) is 1. The van der Waals surface area contributed by atoms with Crippen molar-refractivity contribution in [3.05, 3.63) is 70.9 Å². The molecule has 0 spiro atoms. The van der Waals surface area contributed by atoms with Crippen molar-refractivity contribution >= 4 is 5.91 Å². The summed E-state index contributed by atoms with van der Waals surface area (Å²) in [6.07, 6.45) is 1.96. The normalized spacial score (nSPS) is 15.9. The lowest BCUT2D eigenvalue weighted by molar-refractivity contribution is 0.0741. The number of carbonyl (C=O) groups excluding carboxylic acids is 1. The number of amides is 1. The lowest BCUT2D eigenvalue weighted by Gasteiger charge is -2.26. The van der Waals surface area contributed by atoms with Gasteiger partial charge in [-0.3, -0.25) is 9.89 Å². The van der Waals surface area contributed by atoms with Gasteiger partial charge >= 0.3 is 0 Å². The minimum absolute atomic E-state index is 0.0273. The van der Waals surface area contributed by atoms with Gasteiger partial charge in [0.15, 0.2) is 0 Å². The Morgan fingerprint density at radius 3 is 2.52 bits per heavy atom. The van der Waals surface area contributed by atoms with Crippen LogP contribution in [0, 0.1) is 0 Å². The Labute approximate surface area is 171 Å². The average Bonchev–Trinajstić information content (AvgIpc) is 3.26. The molecule has 2 heterocycles. The first kappa shape index (κ1) is 19.2. The number of phenolic OH excluding ortho intramolecular Hbond substituents is 1. The first-order chi connectivity index (χ1) is 14.0. The fourth-order valence-electron chi connectivity index (χ4n) is 4.04. The first-order valence-electron chi connectivity index (χ1n) is 10.3. The maximum atomic E-state index is 13.2. The summed E-state index contributed by atoms with van der Waals surface area (Å²) in [5, 5.41) is 17.8. The maximum absolute atomic E-state index is 13.2. The molecule has 5 heteroatoms. The molecular weight excluding hydrogens is 362 g/mol. The number of aromatic hydroxyl groups is 1. The van der Waals surface area contributed by atoms with Crippen molar-refractivity contribution in [1.29, 1.82) is 0 Å². The summed E-state index contributed by atoms with van der Waals surface area (Å²) in [5.41, 5.74) is 4.99. The number of aromatic nitrogens is 2. The van der Waals surface area contributed by atoms with Gasteiger partial charge in [-0.1, -0.05) is 63.6 Å². The van der Waals surface area contributed by atoms with Crippen molar-refractivity contribution < 1.29 is 9.90 Å². The number of hydrogen-bond donors (Lipinski definition) is 2. The van der Waals surface area contributed by atoms with E-state index in [1.54, 1.807) is 12.1 Å². The molecule has 0 fully saturated rings. The van der Waals surface area contributed by atoms with Crippen LogP contribution in [0.3, 0.4) is 0 Å². The highest BCUT2D eigenvalue weighted by Crippen LogP contribution is 2.44. The standard InChI is InChI=1S/C24H27N3O2/c1-4-5-14-27-23(17-12-10-16(11-13-17)15(2)3)20-21(25-26-22(20)24(27)29)18-8-6-7-9-19(18)28/h6-13,15,23,28H,4-5,14H2,1-3H3,(H,25,26). The predicted octanol–water partition coefficient (Wildman–Crippen LogP) is 5.25. The molecule has 0 saturated carbocycles. The summed E-state index contributed by atoms with van der Waals surface area (Å²) in [6.45, 7) is 7.16. The summed E-state index contributed by atoms with van der Waals surface area (Å²) < 4.78 is 0. The second kappa shape index (κ2) is 7.74. The van der Waals surface area contributed by atoms with Crippen molar-refractivity contribution in [3.8, 4) is 17.0 Å². The monoisotopic (exact) mass is 389 g/mol. The number of benzene rings is 2. The summed E-state index contributed by atoms with van der Waals surface area (Å²) in [6, 6.07) is 15.4. The highest BCUT2D eigenvalue weighted by Gasteiger charge is 2.42. The second-order valence-corrected chi connectivity index (χ2v) is 7.95. The number of hydrogen-bond acceptors (Lipinski definition) is 3. The van der Waals surface area contributed by atoms with E-state index in [0.29, 0.717) is 29.4 Å². The zero-order valence-corrected chi connectivity index (χ0v) is 17.1. The smallest absolute Gasteiger partial charge is 0.273 e. The van der Waals surface area contributed by atoms with E-state index in [4.69, 9.17) is 0 Å². The molecule has 4 rings (SSSR count). The van der Waals surface area contributed by atoms with Crippen LogP contribution in [0.1, 0.15) is 72.8 Å². The van der Waals surface area contributed by atoms with E-state index in [1.165, 1.54) is 5.56 Å². The van der Waals surface area contributed by atoms with E-state index < -0.39 is 0 Å². The van der Waals surface area contributed by atoms with Crippen molar-refractivity contribution in [2.75, 3.05) is 6.54 Å². The van der Waals surface area contributed by atoms with Crippen molar-refractivity contribution in [3.63, 3.8) is 0 Å². The molecule has 1 atom stereocenters. The number of aromatic amines is 1. The molecule has 0 bridgehead atoms. The van der Waals surface area contributed by atoms with Gasteiger partial charge in [-0.05, 0) is 35.6 Å². The molecule has 1 aromatic heterocycles. The Balaban J connectivity index is 1.85. The number of rotatable bonds is 6. The number of phenols is 1. The summed E-state index contributed by atoms with van der Waals surface area (Å²) in [4.78, 5) is 15.1. The number of H-pyrrole nitrogens is 1. The molecule has 0 aliphatic carbocycles. The molecule has 150 valence electrons. The van der Waals surface area contributed by atoms with Gasteiger partial charge in [0.25, 0.3) is 5.91 Å². The molecule has 2 N–H and O–H groups in total. The van der Waals surface area contributed by atoms with Crippen LogP contribution >= 0.6 is 0 Å². The Hall–Kier alpha value is -3.08. The van der Waals surface area contributed by atoms with Crippen LogP contribution in [-0.4, -0.2) is 32.7 Å². The van der Waals surface area contributed by atoms with Gasteiger partial charge in [-0.2, -0.15) is 5.10 Å². The topological polar surface area (TPSA) is 69.2 Å². The van der Waals surface area contributed by atoms with E-state index in [9.17, 15) is 9.90 Å². The molecule has 1 aliphatic heterocycles. The zero-order valence-electron chi connectivity index (χ0n) is 17.1. The first-order valence-corrected chi connectivity index (χ1v) is 10.3. The molecular formula is C24H27N3O2. The number of nitrogens with zero attached hydrogens (tertiary/aromatic N) is 2. The number of para-hydroxylation sites is 1. The van der Waals surface area contributed by atoms with Crippen molar-refractivity contribution in [2.24, 2.45) is 0 Å². The Kier molecular flexibility index (Phi) is 5.14. The number of nitrogens with one attached hydrogen (secondary N) is 1. The van der Waals surface area contributed by atoms with E-state index in [2.05, 4.69) is 55.2 Å². The van der Waals surface area contributed by atoms with Crippen LogP contribution in [0.4, 0.5) is 0 Å². The predicted molar refractivity (Wildman–Crippen MR) is 114 cm³/mol.